The van der Waals surface area contributed by atoms with Crippen LogP contribution in [0.5, 0.6) is 0 Å². The third-order valence-electron chi connectivity index (χ3n) is 3.65. The molecule has 1 aromatic heterocycles. The number of hydrogen-bond donors (Lipinski definition) is 2. The van der Waals surface area contributed by atoms with Crippen molar-refractivity contribution < 1.29 is 4.74 Å². The summed E-state index contributed by atoms with van der Waals surface area (Å²) in [6.07, 6.45) is 3.98. The minimum absolute atomic E-state index is 0.0559. The van der Waals surface area contributed by atoms with E-state index in [-0.39, 0.29) is 5.60 Å². The number of ether oxygens (including phenoxy) is 1. The molecule has 1 aromatic rings. The second kappa shape index (κ2) is 7.07. The van der Waals surface area contributed by atoms with Gasteiger partial charge in [-0.05, 0) is 40.0 Å². The summed E-state index contributed by atoms with van der Waals surface area (Å²) in [7, 11) is 0. The van der Waals surface area contributed by atoms with Gasteiger partial charge in [0.1, 0.15) is 17.5 Å². The van der Waals surface area contributed by atoms with Gasteiger partial charge < -0.3 is 15.4 Å². The summed E-state index contributed by atoms with van der Waals surface area (Å²) in [4.78, 5) is 9.19. The van der Waals surface area contributed by atoms with Gasteiger partial charge in [0.15, 0.2) is 0 Å². The smallest absolute Gasteiger partial charge is 0.133 e. The number of hydrogen-bond acceptors (Lipinski definition) is 5. The van der Waals surface area contributed by atoms with Gasteiger partial charge in [-0.3, -0.25) is 0 Å². The van der Waals surface area contributed by atoms with Gasteiger partial charge in [0, 0.05) is 31.7 Å². The van der Waals surface area contributed by atoms with Crippen LogP contribution in [0.15, 0.2) is 6.07 Å². The molecular weight excluding hydrogens is 264 g/mol. The van der Waals surface area contributed by atoms with Crippen molar-refractivity contribution in [3.63, 3.8) is 0 Å². The normalized spacial score (nSPS) is 21.0. The fourth-order valence-corrected chi connectivity index (χ4v) is 2.74. The highest BCUT2D eigenvalue weighted by Crippen LogP contribution is 2.26. The van der Waals surface area contributed by atoms with Crippen LogP contribution in [0.2, 0.25) is 0 Å². The van der Waals surface area contributed by atoms with Crippen LogP contribution in [0.25, 0.3) is 0 Å². The van der Waals surface area contributed by atoms with Crippen LogP contribution in [0.3, 0.4) is 0 Å². The van der Waals surface area contributed by atoms with Crippen LogP contribution >= 0.6 is 0 Å². The quantitative estimate of drug-likeness (QED) is 0.843. The van der Waals surface area contributed by atoms with E-state index in [1.165, 1.54) is 0 Å². The van der Waals surface area contributed by atoms with Crippen LogP contribution in [0.1, 0.15) is 52.8 Å². The molecule has 1 aliphatic heterocycles. The maximum absolute atomic E-state index is 5.77. The van der Waals surface area contributed by atoms with Crippen molar-refractivity contribution >= 4 is 11.6 Å². The molecule has 0 aromatic carbocycles. The van der Waals surface area contributed by atoms with Crippen molar-refractivity contribution in [3.05, 3.63) is 11.9 Å². The first-order valence-corrected chi connectivity index (χ1v) is 8.04. The van der Waals surface area contributed by atoms with Crippen molar-refractivity contribution in [1.29, 1.82) is 0 Å². The minimum atomic E-state index is -0.0559. The lowest BCUT2D eigenvalue weighted by atomic mass is 9.94. The lowest BCUT2D eigenvalue weighted by Gasteiger charge is -2.36. The Morgan fingerprint density at radius 1 is 1.29 bits per heavy atom. The summed E-state index contributed by atoms with van der Waals surface area (Å²) in [5.74, 6) is 2.74. The van der Waals surface area contributed by atoms with Crippen LogP contribution < -0.4 is 10.6 Å². The predicted octanol–water partition coefficient (Wildman–Crippen LogP) is 3.23. The number of rotatable bonds is 6. The summed E-state index contributed by atoms with van der Waals surface area (Å²) in [5, 5.41) is 6.85. The van der Waals surface area contributed by atoms with Crippen molar-refractivity contribution in [1.82, 2.24) is 9.97 Å². The predicted molar refractivity (Wildman–Crippen MR) is 86.9 cm³/mol. The van der Waals surface area contributed by atoms with Crippen molar-refractivity contribution in [2.24, 2.45) is 0 Å². The standard InChI is InChI=1S/C16H28N4O/c1-5-7-13-19-14(17-6-2)10-15(20-13)18-12-8-9-21-16(3,4)11-12/h10,12H,5-9,11H2,1-4H3,(H2,17,18,19,20). The van der Waals surface area contributed by atoms with E-state index in [4.69, 9.17) is 4.74 Å². The lowest BCUT2D eigenvalue weighted by Crippen LogP contribution is -2.40. The molecule has 0 radical (unpaired) electrons. The molecular formula is C16H28N4O. The molecule has 1 aliphatic rings. The molecule has 5 heteroatoms. The van der Waals surface area contributed by atoms with Gasteiger partial charge >= 0.3 is 0 Å². The second-order valence-electron chi connectivity index (χ2n) is 6.28. The Bertz CT molecular complexity index is 437. The number of anilines is 2. The highest BCUT2D eigenvalue weighted by molar-refractivity contribution is 5.48. The molecule has 2 heterocycles. The number of nitrogens with one attached hydrogen (secondary N) is 2. The number of aryl methyl sites for hydroxylation is 1. The molecule has 0 spiro atoms. The average molecular weight is 292 g/mol. The van der Waals surface area contributed by atoms with Crippen molar-refractivity contribution in [3.8, 4) is 0 Å². The molecule has 0 aliphatic carbocycles. The summed E-state index contributed by atoms with van der Waals surface area (Å²) in [6.45, 7) is 10.2. The molecule has 21 heavy (non-hydrogen) atoms. The zero-order chi connectivity index (χ0) is 15.3. The fraction of sp³-hybridized carbons (Fsp3) is 0.750. The molecule has 0 bridgehead atoms. The van der Waals surface area contributed by atoms with Crippen LogP contribution in [-0.2, 0) is 11.2 Å². The summed E-state index contributed by atoms with van der Waals surface area (Å²) in [5.41, 5.74) is -0.0559. The Hall–Kier alpha value is -1.36. The van der Waals surface area contributed by atoms with E-state index in [1.807, 2.05) is 6.07 Å². The minimum Gasteiger partial charge on any atom is -0.375 e. The molecule has 0 saturated carbocycles. The first-order valence-electron chi connectivity index (χ1n) is 8.04. The van der Waals surface area contributed by atoms with E-state index in [1.54, 1.807) is 0 Å². The van der Waals surface area contributed by atoms with E-state index >= 15 is 0 Å². The van der Waals surface area contributed by atoms with Crippen LogP contribution in [-0.4, -0.2) is 34.8 Å². The van der Waals surface area contributed by atoms with Crippen LogP contribution in [0, 0.1) is 0 Å². The van der Waals surface area contributed by atoms with Gasteiger partial charge in [-0.15, -0.1) is 0 Å². The molecule has 1 unspecified atom stereocenters. The van der Waals surface area contributed by atoms with Gasteiger partial charge in [-0.25, -0.2) is 9.97 Å². The molecule has 1 atom stereocenters. The maximum Gasteiger partial charge on any atom is 0.133 e. The van der Waals surface area contributed by atoms with E-state index in [2.05, 4.69) is 48.3 Å². The maximum atomic E-state index is 5.77. The highest BCUT2D eigenvalue weighted by Gasteiger charge is 2.29. The fourth-order valence-electron chi connectivity index (χ4n) is 2.74. The average Bonchev–Trinajstić information content (AvgIpc) is 2.38. The zero-order valence-corrected chi connectivity index (χ0v) is 13.7. The van der Waals surface area contributed by atoms with Gasteiger partial charge in [0.25, 0.3) is 0 Å². The molecule has 2 N–H and O–H groups in total. The Morgan fingerprint density at radius 3 is 2.71 bits per heavy atom. The van der Waals surface area contributed by atoms with E-state index in [0.717, 1.165) is 56.3 Å². The topological polar surface area (TPSA) is 59.1 Å². The molecule has 1 fully saturated rings. The van der Waals surface area contributed by atoms with Crippen molar-refractivity contribution in [2.45, 2.75) is 65.0 Å². The third-order valence-corrected chi connectivity index (χ3v) is 3.65. The van der Waals surface area contributed by atoms with E-state index in [0.29, 0.717) is 6.04 Å². The summed E-state index contributed by atoms with van der Waals surface area (Å²) in [6, 6.07) is 2.41. The molecule has 1 saturated heterocycles. The van der Waals surface area contributed by atoms with E-state index in [9.17, 15) is 0 Å². The zero-order valence-electron chi connectivity index (χ0n) is 13.7. The first-order chi connectivity index (χ1) is 10.0. The highest BCUT2D eigenvalue weighted by atomic mass is 16.5. The largest absolute Gasteiger partial charge is 0.375 e. The Kier molecular flexibility index (Phi) is 5.39. The van der Waals surface area contributed by atoms with E-state index < -0.39 is 0 Å². The van der Waals surface area contributed by atoms with Crippen LogP contribution in [0.4, 0.5) is 11.6 Å². The number of nitrogens with zero attached hydrogens (tertiary/aromatic N) is 2. The number of aromatic nitrogens is 2. The first kappa shape index (κ1) is 16.0. The molecule has 118 valence electrons. The third kappa shape index (κ3) is 4.84. The van der Waals surface area contributed by atoms with Gasteiger partial charge in [-0.2, -0.15) is 0 Å². The SMILES string of the molecule is CCCc1nc(NCC)cc(NC2CCOC(C)(C)C2)n1. The van der Waals surface area contributed by atoms with Gasteiger partial charge in [0.05, 0.1) is 5.60 Å². The Morgan fingerprint density at radius 2 is 2.05 bits per heavy atom. The Balaban J connectivity index is 2.10. The van der Waals surface area contributed by atoms with Gasteiger partial charge in [-0.1, -0.05) is 6.92 Å². The Labute approximate surface area is 127 Å². The second-order valence-corrected chi connectivity index (χ2v) is 6.28. The molecule has 2 rings (SSSR count). The van der Waals surface area contributed by atoms with Gasteiger partial charge in [0.2, 0.25) is 0 Å². The summed E-state index contributed by atoms with van der Waals surface area (Å²) < 4.78 is 5.77. The molecule has 5 nitrogen and oxygen atoms in total. The van der Waals surface area contributed by atoms with Crippen molar-refractivity contribution in [2.75, 3.05) is 23.8 Å². The lowest BCUT2D eigenvalue weighted by molar-refractivity contribution is -0.0553. The summed E-state index contributed by atoms with van der Waals surface area (Å²) >= 11 is 0. The monoisotopic (exact) mass is 292 g/mol. The molecule has 0 amide bonds.